The molecule has 0 unspecified atom stereocenters. The number of aliphatic carboxylic acids is 1. The Morgan fingerprint density at radius 2 is 1.55 bits per heavy atom. The fraction of sp³-hybridized carbons (Fsp3) is 0.892. The van der Waals surface area contributed by atoms with E-state index in [2.05, 4.69) is 59.9 Å². The Balaban J connectivity index is 1.36. The maximum Gasteiger partial charge on any atom is 0.303 e. The van der Waals surface area contributed by atoms with Crippen molar-refractivity contribution >= 4 is 11.9 Å². The van der Waals surface area contributed by atoms with E-state index in [4.69, 9.17) is 5.11 Å². The number of hydrogen-bond acceptors (Lipinski definition) is 3. The van der Waals surface area contributed by atoms with E-state index in [1.165, 1.54) is 32.1 Å². The van der Waals surface area contributed by atoms with Crippen LogP contribution in [0.5, 0.6) is 0 Å². The number of carboxylic acid groups (broad SMARTS) is 1. The number of unbranched alkanes of at least 4 members (excludes halogenated alkanes) is 3. The van der Waals surface area contributed by atoms with E-state index in [1.54, 1.807) is 5.57 Å². The van der Waals surface area contributed by atoms with Gasteiger partial charge in [0.25, 0.3) is 0 Å². The lowest BCUT2D eigenvalue weighted by Crippen LogP contribution is -2.71. The highest BCUT2D eigenvalue weighted by Gasteiger charge is 2.68. The van der Waals surface area contributed by atoms with E-state index in [0.29, 0.717) is 30.1 Å². The molecular weight excluding hydrogens is 522 g/mol. The molecule has 4 saturated carbocycles. The molecule has 0 saturated heterocycles. The molecule has 5 rings (SSSR count). The van der Waals surface area contributed by atoms with E-state index >= 15 is 0 Å². The van der Waals surface area contributed by atoms with Gasteiger partial charge < -0.3 is 15.5 Å². The quantitative estimate of drug-likeness (QED) is 0.198. The summed E-state index contributed by atoms with van der Waals surface area (Å²) in [7, 11) is 0. The molecule has 5 aliphatic carbocycles. The van der Waals surface area contributed by atoms with Crippen molar-refractivity contribution in [1.82, 2.24) is 5.32 Å². The smallest absolute Gasteiger partial charge is 0.303 e. The van der Waals surface area contributed by atoms with Gasteiger partial charge in [0.05, 0.1) is 11.6 Å². The van der Waals surface area contributed by atoms with Gasteiger partial charge in [-0.2, -0.15) is 0 Å². The Morgan fingerprint density at radius 1 is 0.857 bits per heavy atom. The molecule has 5 aliphatic rings. The third-order valence-corrected chi connectivity index (χ3v) is 15.0. The van der Waals surface area contributed by atoms with Gasteiger partial charge >= 0.3 is 5.97 Å². The van der Waals surface area contributed by atoms with E-state index in [0.717, 1.165) is 56.8 Å². The molecule has 0 radical (unpaired) electrons. The zero-order valence-corrected chi connectivity index (χ0v) is 27.9. The van der Waals surface area contributed by atoms with Crippen molar-refractivity contribution in [2.75, 3.05) is 0 Å². The van der Waals surface area contributed by atoms with Crippen molar-refractivity contribution in [3.63, 3.8) is 0 Å². The Morgan fingerprint density at radius 3 is 2.24 bits per heavy atom. The second-order valence-corrected chi connectivity index (χ2v) is 17.0. The summed E-state index contributed by atoms with van der Waals surface area (Å²) in [5.41, 5.74) is 2.14. The van der Waals surface area contributed by atoms with Gasteiger partial charge in [-0.05, 0) is 129 Å². The number of carboxylic acids is 1. The van der Waals surface area contributed by atoms with Crippen molar-refractivity contribution in [2.45, 2.75) is 156 Å². The summed E-state index contributed by atoms with van der Waals surface area (Å²) >= 11 is 0. The Bertz CT molecular complexity index is 1090. The van der Waals surface area contributed by atoms with Crippen LogP contribution in [-0.2, 0) is 9.59 Å². The largest absolute Gasteiger partial charge is 0.481 e. The van der Waals surface area contributed by atoms with Crippen LogP contribution in [0.2, 0.25) is 0 Å². The monoisotopic (exact) mass is 583 g/mol. The number of rotatable bonds is 8. The van der Waals surface area contributed by atoms with Crippen molar-refractivity contribution in [2.24, 2.45) is 51.2 Å². The summed E-state index contributed by atoms with van der Waals surface area (Å²) in [5.74, 6) is 2.32. The molecule has 42 heavy (non-hydrogen) atoms. The molecular formula is C37H61NO4. The van der Waals surface area contributed by atoms with Crippen LogP contribution >= 0.6 is 0 Å². The maximum absolute atomic E-state index is 13.3. The molecule has 4 fully saturated rings. The second-order valence-electron chi connectivity index (χ2n) is 17.0. The minimum absolute atomic E-state index is 0.0390. The van der Waals surface area contributed by atoms with E-state index in [-0.39, 0.29) is 34.5 Å². The van der Waals surface area contributed by atoms with Gasteiger partial charge in [0.1, 0.15) is 0 Å². The van der Waals surface area contributed by atoms with E-state index in [1.807, 2.05) is 0 Å². The summed E-state index contributed by atoms with van der Waals surface area (Å²) < 4.78 is 0. The molecule has 5 heteroatoms. The normalized spacial score (nSPS) is 48.1. The van der Waals surface area contributed by atoms with E-state index < -0.39 is 17.6 Å². The average molecular weight is 584 g/mol. The third kappa shape index (κ3) is 4.91. The van der Waals surface area contributed by atoms with Gasteiger partial charge in [0, 0.05) is 12.8 Å². The first-order valence-corrected chi connectivity index (χ1v) is 17.5. The summed E-state index contributed by atoms with van der Waals surface area (Å²) in [4.78, 5) is 24.0. The Hall–Kier alpha value is -1.36. The number of amides is 1. The van der Waals surface area contributed by atoms with Crippen LogP contribution in [0, 0.1) is 51.2 Å². The highest BCUT2D eigenvalue weighted by Crippen LogP contribution is 2.75. The topological polar surface area (TPSA) is 86.6 Å². The molecule has 0 aliphatic heterocycles. The summed E-state index contributed by atoms with van der Waals surface area (Å²) in [6, 6.07) is 0. The zero-order chi connectivity index (χ0) is 30.7. The molecule has 0 spiro atoms. The van der Waals surface area contributed by atoms with Crippen molar-refractivity contribution in [1.29, 1.82) is 0 Å². The lowest BCUT2D eigenvalue weighted by atomic mass is 9.34. The molecule has 3 N–H and O–H groups in total. The number of allylic oxidation sites excluding steroid dienone is 2. The first kappa shape index (κ1) is 32.0. The minimum Gasteiger partial charge on any atom is -0.481 e. The number of carbonyl (C=O) groups is 2. The highest BCUT2D eigenvalue weighted by molar-refractivity contribution is 5.77. The van der Waals surface area contributed by atoms with Crippen LogP contribution in [0.3, 0.4) is 0 Å². The van der Waals surface area contributed by atoms with E-state index in [9.17, 15) is 14.7 Å². The number of aliphatic hydroxyl groups is 1. The summed E-state index contributed by atoms with van der Waals surface area (Å²) in [5, 5.41) is 23.7. The van der Waals surface area contributed by atoms with Gasteiger partial charge in [0.2, 0.25) is 5.91 Å². The molecule has 11 atom stereocenters. The summed E-state index contributed by atoms with van der Waals surface area (Å²) in [6.07, 6.45) is 16.5. The minimum atomic E-state index is -0.752. The van der Waals surface area contributed by atoms with Crippen LogP contribution < -0.4 is 5.32 Å². The van der Waals surface area contributed by atoms with Gasteiger partial charge in [-0.1, -0.05) is 66.0 Å². The lowest BCUT2D eigenvalue weighted by Gasteiger charge is -2.71. The molecule has 0 bridgehead atoms. The maximum atomic E-state index is 13.3. The van der Waals surface area contributed by atoms with Gasteiger partial charge in [-0.25, -0.2) is 0 Å². The second kappa shape index (κ2) is 11.2. The molecule has 0 aromatic heterocycles. The Labute approximate surface area is 256 Å². The van der Waals surface area contributed by atoms with Gasteiger partial charge in [-0.15, -0.1) is 0 Å². The predicted octanol–water partition coefficient (Wildman–Crippen LogP) is 8.30. The molecule has 238 valence electrons. The number of nitrogens with one attached hydrogen (secondary N) is 1. The van der Waals surface area contributed by atoms with Crippen molar-refractivity contribution < 1.29 is 19.8 Å². The first-order valence-electron chi connectivity index (χ1n) is 17.5. The van der Waals surface area contributed by atoms with Crippen molar-refractivity contribution in [3.05, 3.63) is 11.6 Å². The highest BCUT2D eigenvalue weighted by atomic mass is 16.4. The average Bonchev–Trinajstić information content (AvgIpc) is 2.91. The number of aliphatic hydroxyl groups excluding tert-OH is 1. The van der Waals surface area contributed by atoms with Crippen LogP contribution in [0.1, 0.15) is 145 Å². The third-order valence-electron chi connectivity index (χ3n) is 15.0. The number of hydrogen-bond donors (Lipinski definition) is 3. The van der Waals surface area contributed by atoms with Crippen LogP contribution in [0.25, 0.3) is 0 Å². The van der Waals surface area contributed by atoms with Gasteiger partial charge in [-0.3, -0.25) is 9.59 Å². The first-order chi connectivity index (χ1) is 19.6. The van der Waals surface area contributed by atoms with Gasteiger partial charge in [0.15, 0.2) is 0 Å². The molecule has 1 amide bonds. The molecule has 0 aromatic carbocycles. The van der Waals surface area contributed by atoms with Crippen molar-refractivity contribution in [3.8, 4) is 0 Å². The standard InChI is InChI=1S/C37H61NO4/c1-24-16-19-33(3)22-23-35(5)26(32(33)25(24)2)14-15-27-34(4)20-18-29(39)37(7,28(34)17-21-36(27,35)6)38-30(40)12-10-8-9-11-13-31(41)42/h14,24-25,27-29,32,39H,8-13,15-23H2,1-7H3,(H,38,40)(H,41,42)/t24-,25+,27-,28-,29-,32+,33-,34-,35-,36-,37-/m1/s1. The fourth-order valence-electron chi connectivity index (χ4n) is 12.0. The SMILES string of the molecule is C[C@H]1[C@H](C)CC[C@]2(C)CC[C@]3(C)C(=CC[C@@H]4[C@@]5(C)CC[C@@H](O)[C@](C)(NC(=O)CCCCCCC(=O)O)[C@@H]5CC[C@]43C)[C@H]12. The molecule has 0 heterocycles. The summed E-state index contributed by atoms with van der Waals surface area (Å²) in [6.45, 7) is 17.5. The number of fused-ring (bicyclic) bond motifs is 7. The number of carbonyl (C=O) groups excluding carboxylic acids is 1. The fourth-order valence-corrected chi connectivity index (χ4v) is 12.0. The predicted molar refractivity (Wildman–Crippen MR) is 169 cm³/mol. The van der Waals surface area contributed by atoms with Crippen LogP contribution in [0.4, 0.5) is 0 Å². The molecule has 0 aromatic rings. The van der Waals surface area contributed by atoms with Crippen LogP contribution in [-0.4, -0.2) is 33.7 Å². The zero-order valence-electron chi connectivity index (χ0n) is 27.9. The molecule has 5 nitrogen and oxygen atoms in total. The van der Waals surface area contributed by atoms with Crippen LogP contribution in [0.15, 0.2) is 11.6 Å². The lowest BCUT2D eigenvalue weighted by molar-refractivity contribution is -0.193. The Kier molecular flexibility index (Phi) is 8.56.